The largest absolute Gasteiger partial charge is 0.335 e. The zero-order valence-electron chi connectivity index (χ0n) is 9.35. The Morgan fingerprint density at radius 2 is 0.923 bits per heavy atom. The van der Waals surface area contributed by atoms with Gasteiger partial charge >= 0.3 is 11.6 Å². The van der Waals surface area contributed by atoms with Crippen LogP contribution in [0.5, 0.6) is 0 Å². The van der Waals surface area contributed by atoms with Gasteiger partial charge in [-0.2, -0.15) is 8.42 Å². The minimum absolute atomic E-state index is 0. The Morgan fingerprint density at radius 1 is 0.846 bits per heavy atom. The topological polar surface area (TPSA) is 34.1 Å². The van der Waals surface area contributed by atoms with Gasteiger partial charge in [0.1, 0.15) is 0 Å². The lowest BCUT2D eigenvalue weighted by molar-refractivity contribution is 0.630. The Labute approximate surface area is 88.7 Å². The smallest absolute Gasteiger partial charge is 0.168 e. The zero-order chi connectivity index (χ0) is 10.8. The van der Waals surface area contributed by atoms with Gasteiger partial charge < -0.3 is 0 Å². The van der Waals surface area contributed by atoms with Crippen LogP contribution in [0.4, 0.5) is 0 Å². The minimum atomic E-state index is -0.750. The zero-order valence-corrected chi connectivity index (χ0v) is 10.2. The summed E-state index contributed by atoms with van der Waals surface area (Å²) < 4.78 is 16.6. The van der Waals surface area contributed by atoms with Crippen molar-refractivity contribution in [1.29, 1.82) is 0 Å². The fourth-order valence-electron chi connectivity index (χ4n) is 0. The average molecular weight is 212 g/mol. The lowest BCUT2D eigenvalue weighted by Gasteiger charge is -1.68. The van der Waals surface area contributed by atoms with Gasteiger partial charge in [-0.15, -0.1) is 0 Å². The maximum Gasteiger partial charge on any atom is 0.335 e. The Morgan fingerprint density at radius 3 is 0.923 bits per heavy atom. The normalized spacial score (nSPS) is 5.08. The van der Waals surface area contributed by atoms with E-state index in [9.17, 15) is 0 Å². The van der Waals surface area contributed by atoms with E-state index >= 15 is 0 Å². The first-order valence-corrected chi connectivity index (χ1v) is 5.33. The van der Waals surface area contributed by atoms with E-state index in [4.69, 9.17) is 8.42 Å². The van der Waals surface area contributed by atoms with Crippen LogP contribution in [0.25, 0.3) is 0 Å². The van der Waals surface area contributed by atoms with Crippen molar-refractivity contribution in [2.75, 3.05) is 0 Å². The molecule has 0 saturated carbocycles. The lowest BCUT2D eigenvalue weighted by atomic mass is 10.4. The second kappa shape index (κ2) is 94.8. The van der Waals surface area contributed by atoms with Gasteiger partial charge in [-0.05, 0) is 0 Å². The molecule has 0 aromatic carbocycles. The monoisotopic (exact) mass is 212 g/mol. The van der Waals surface area contributed by atoms with Crippen LogP contribution in [0.1, 0.15) is 68.2 Å². The molecule has 0 N–H and O–H groups in total. The maximum absolute atomic E-state index is 8.29. The van der Waals surface area contributed by atoms with Gasteiger partial charge in [0.05, 0.1) is 0 Å². The molecular formula is C10H28O2S. The predicted molar refractivity (Wildman–Crippen MR) is 63.5 cm³/mol. The summed E-state index contributed by atoms with van der Waals surface area (Å²) in [5.74, 6) is 0. The van der Waals surface area contributed by atoms with Gasteiger partial charge in [0.15, 0.2) is 0 Å². The van der Waals surface area contributed by atoms with Crippen LogP contribution >= 0.6 is 0 Å². The second-order valence-electron chi connectivity index (χ2n) is 1.78. The van der Waals surface area contributed by atoms with Gasteiger partial charge in [0.2, 0.25) is 0 Å². The molecular weight excluding hydrogens is 184 g/mol. The quantitative estimate of drug-likeness (QED) is 0.652. The van der Waals surface area contributed by atoms with Crippen molar-refractivity contribution >= 4 is 11.6 Å². The standard InChI is InChI=1S/C4H10.C3H8.C2H6.CH4.O2S/c1-3-4-2;1-3-2;1-2;;1-3-2/h3-4H2,1-2H3;3H2,1-2H3;1-2H3;1H4;. The first-order valence-electron chi connectivity index (χ1n) is 4.66. The molecule has 13 heavy (non-hydrogen) atoms. The highest BCUT2D eigenvalue weighted by Crippen LogP contribution is 1.76. The van der Waals surface area contributed by atoms with Crippen LogP contribution in [0.2, 0.25) is 0 Å². The highest BCUT2D eigenvalue weighted by molar-refractivity contribution is 7.51. The average Bonchev–Trinajstić information content (AvgIpc) is 2.10. The Balaban J connectivity index is -0.0000000220. The molecule has 86 valence electrons. The highest BCUT2D eigenvalue weighted by atomic mass is 32.1. The Hall–Kier alpha value is -0.180. The molecule has 0 unspecified atom stereocenters. The summed E-state index contributed by atoms with van der Waals surface area (Å²) in [6.45, 7) is 12.6. The fourth-order valence-corrected chi connectivity index (χ4v) is 0. The predicted octanol–water partition coefficient (Wildman–Crippen LogP) is 4.21. The number of unbranched alkanes of at least 4 members (excludes halogenated alkanes) is 1. The number of hydrogen-bond acceptors (Lipinski definition) is 2. The van der Waals surface area contributed by atoms with Crippen LogP contribution < -0.4 is 0 Å². The third-order valence-corrected chi connectivity index (χ3v) is 0.500. The molecule has 0 bridgehead atoms. The van der Waals surface area contributed by atoms with Crippen molar-refractivity contribution in [1.82, 2.24) is 0 Å². The highest BCUT2D eigenvalue weighted by Gasteiger charge is 1.56. The van der Waals surface area contributed by atoms with E-state index in [1.165, 1.54) is 19.3 Å². The van der Waals surface area contributed by atoms with Gasteiger partial charge in [-0.25, -0.2) is 0 Å². The first kappa shape index (κ1) is 29.3. The Bertz CT molecular complexity index is 57.9. The second-order valence-corrected chi connectivity index (χ2v) is 1.91. The molecule has 0 radical (unpaired) electrons. The molecule has 0 fully saturated rings. The summed E-state index contributed by atoms with van der Waals surface area (Å²) in [7, 11) is 0. The number of rotatable bonds is 1. The third kappa shape index (κ3) is 1700. The molecule has 0 atom stereocenters. The van der Waals surface area contributed by atoms with Crippen LogP contribution in [-0.2, 0) is 11.6 Å². The van der Waals surface area contributed by atoms with Gasteiger partial charge in [0.25, 0.3) is 0 Å². The minimum Gasteiger partial charge on any atom is -0.168 e. The molecule has 0 aliphatic heterocycles. The number of hydrogen-bond donors (Lipinski definition) is 0. The van der Waals surface area contributed by atoms with Crippen LogP contribution in [0, 0.1) is 0 Å². The van der Waals surface area contributed by atoms with Crippen molar-refractivity contribution in [3.8, 4) is 0 Å². The van der Waals surface area contributed by atoms with Crippen molar-refractivity contribution in [2.45, 2.75) is 68.2 Å². The van der Waals surface area contributed by atoms with Crippen molar-refractivity contribution in [3.05, 3.63) is 0 Å². The molecule has 0 saturated heterocycles. The molecule has 3 heteroatoms. The van der Waals surface area contributed by atoms with Crippen LogP contribution in [0.15, 0.2) is 0 Å². The van der Waals surface area contributed by atoms with E-state index in [1.54, 1.807) is 0 Å². The summed E-state index contributed by atoms with van der Waals surface area (Å²) in [5.41, 5.74) is 0. The third-order valence-electron chi connectivity index (χ3n) is 0.500. The molecule has 0 spiro atoms. The van der Waals surface area contributed by atoms with Crippen molar-refractivity contribution in [2.24, 2.45) is 0 Å². The van der Waals surface area contributed by atoms with Crippen LogP contribution in [-0.4, -0.2) is 8.42 Å². The van der Waals surface area contributed by atoms with Crippen LogP contribution in [0.3, 0.4) is 0 Å². The molecule has 0 rings (SSSR count). The fraction of sp³-hybridized carbons (Fsp3) is 1.00. The van der Waals surface area contributed by atoms with E-state index in [0.717, 1.165) is 0 Å². The van der Waals surface area contributed by atoms with Gasteiger partial charge in [0, 0.05) is 0 Å². The summed E-state index contributed by atoms with van der Waals surface area (Å²) >= 11 is -0.750. The van der Waals surface area contributed by atoms with Crippen molar-refractivity contribution in [3.63, 3.8) is 0 Å². The molecule has 2 nitrogen and oxygen atoms in total. The maximum atomic E-state index is 8.29. The molecule has 0 aromatic rings. The van der Waals surface area contributed by atoms with Gasteiger partial charge in [-0.1, -0.05) is 68.2 Å². The summed E-state index contributed by atoms with van der Waals surface area (Å²) in [6.07, 6.45) is 3.89. The molecule has 0 aliphatic carbocycles. The molecule has 0 heterocycles. The van der Waals surface area contributed by atoms with Crippen molar-refractivity contribution < 1.29 is 8.42 Å². The lowest BCUT2D eigenvalue weighted by Crippen LogP contribution is -1.47. The van der Waals surface area contributed by atoms with E-state index in [0.29, 0.717) is 0 Å². The first-order chi connectivity index (χ1) is 5.74. The summed E-state index contributed by atoms with van der Waals surface area (Å²) in [4.78, 5) is 0. The Kier molecular flexibility index (Phi) is 214. The molecule has 0 amide bonds. The molecule has 0 aliphatic rings. The van der Waals surface area contributed by atoms with E-state index in [2.05, 4.69) is 27.7 Å². The summed E-state index contributed by atoms with van der Waals surface area (Å²) in [5, 5.41) is 0. The van der Waals surface area contributed by atoms with E-state index in [-0.39, 0.29) is 7.43 Å². The van der Waals surface area contributed by atoms with E-state index < -0.39 is 11.6 Å². The molecule has 0 aromatic heterocycles. The van der Waals surface area contributed by atoms with Gasteiger partial charge in [-0.3, -0.25) is 0 Å². The SMILES string of the molecule is C.CC.CCC.CCCC.O=S=O. The van der Waals surface area contributed by atoms with E-state index in [1.807, 2.05) is 13.8 Å². The summed E-state index contributed by atoms with van der Waals surface area (Å²) in [6, 6.07) is 0.